The van der Waals surface area contributed by atoms with Gasteiger partial charge in [0.2, 0.25) is 0 Å². The van der Waals surface area contributed by atoms with Crippen LogP contribution in [-0.2, 0) is 42.9 Å². The number of carbonyl (C=O) groups is 5. The van der Waals surface area contributed by atoms with Crippen LogP contribution in [0.2, 0.25) is 0 Å². The Bertz CT molecular complexity index is 1690. The number of aliphatic hydroxyl groups is 2. The zero-order valence-electron chi connectivity index (χ0n) is 33.2. The van der Waals surface area contributed by atoms with E-state index >= 15 is 9.59 Å². The minimum Gasteiger partial charge on any atom is -0.465 e. The van der Waals surface area contributed by atoms with Crippen LogP contribution in [0.1, 0.15) is 125 Å². The van der Waals surface area contributed by atoms with Crippen molar-refractivity contribution in [2.45, 2.75) is 147 Å². The zero-order valence-corrected chi connectivity index (χ0v) is 33.2. The number of hydrogen-bond acceptors (Lipinski definition) is 11. The lowest BCUT2D eigenvalue weighted by Crippen LogP contribution is -2.67. The van der Waals surface area contributed by atoms with E-state index in [1.807, 2.05) is 6.92 Å². The molecule has 302 valence electrons. The van der Waals surface area contributed by atoms with E-state index in [0.29, 0.717) is 44.1 Å². The van der Waals surface area contributed by atoms with Crippen LogP contribution in [0.3, 0.4) is 0 Å². The Morgan fingerprint density at radius 1 is 0.764 bits per heavy atom. The first-order valence-corrected chi connectivity index (χ1v) is 21.6. The van der Waals surface area contributed by atoms with Crippen LogP contribution in [0.5, 0.6) is 0 Å². The van der Waals surface area contributed by atoms with Gasteiger partial charge in [0.15, 0.2) is 0 Å². The van der Waals surface area contributed by atoms with Gasteiger partial charge in [0.25, 0.3) is 0 Å². The van der Waals surface area contributed by atoms with E-state index in [1.54, 1.807) is 13.8 Å². The first kappa shape index (κ1) is 36.8. The lowest BCUT2D eigenvalue weighted by Gasteiger charge is -2.62. The van der Waals surface area contributed by atoms with Crippen LogP contribution in [0, 0.1) is 87.8 Å². The summed E-state index contributed by atoms with van der Waals surface area (Å²) >= 11 is 0. The quantitative estimate of drug-likeness (QED) is 0.178. The molecule has 2 heterocycles. The Hall–Kier alpha value is -2.53. The molecule has 10 bridgehead atoms. The third kappa shape index (κ3) is 5.28. The number of carbonyl (C=O) groups excluding carboxylic acids is 5. The summed E-state index contributed by atoms with van der Waals surface area (Å²) in [4.78, 5) is 70.2. The Morgan fingerprint density at radius 3 is 1.98 bits per heavy atom. The van der Waals surface area contributed by atoms with Crippen molar-refractivity contribution in [2.75, 3.05) is 6.61 Å². The van der Waals surface area contributed by atoms with Crippen LogP contribution in [0.25, 0.3) is 0 Å². The molecule has 0 aromatic carbocycles. The minimum atomic E-state index is -1.69. The van der Waals surface area contributed by atoms with Gasteiger partial charge < -0.3 is 29.2 Å². The van der Waals surface area contributed by atoms with Gasteiger partial charge in [0.1, 0.15) is 11.2 Å². The van der Waals surface area contributed by atoms with Gasteiger partial charge in [-0.2, -0.15) is 0 Å². The molecule has 0 spiro atoms. The number of ether oxygens (including phenoxy) is 4. The molecule has 0 aromatic rings. The molecule has 0 amide bonds. The monoisotopic (exact) mass is 764 g/mol. The van der Waals surface area contributed by atoms with Crippen molar-refractivity contribution in [3.05, 3.63) is 0 Å². The molecule has 10 aliphatic carbocycles. The first-order valence-electron chi connectivity index (χ1n) is 21.6. The second-order valence-corrected chi connectivity index (χ2v) is 22.2. The lowest BCUT2D eigenvalue weighted by atomic mass is 9.50. The maximum atomic E-state index is 15.4. The van der Waals surface area contributed by atoms with Gasteiger partial charge in [-0.15, -0.1) is 0 Å². The molecule has 2 saturated heterocycles. The van der Waals surface area contributed by atoms with Crippen molar-refractivity contribution >= 4 is 29.8 Å². The van der Waals surface area contributed by atoms with Crippen LogP contribution in [0.4, 0.5) is 0 Å². The standard InChI is InChI=1S/C44H60O11/c1-21-28-11-29(31-16-52-35(46)32(28)31)30(21)15-39(3,37(48)54-41(5)26-7-23-6-24(9-26)10-27(41)8-23)17-40(4,33-22(2)34(45)53-36(33)47)38(49)55-44-14-25-12-42(50,19-44)18-43(51,13-25)20-44/h21-33,50-51H,6-20H2,1-5H3. The third-order valence-corrected chi connectivity index (χ3v) is 18.4. The molecular formula is C44H60O11. The fourth-order valence-corrected chi connectivity index (χ4v) is 16.7. The van der Waals surface area contributed by atoms with Crippen LogP contribution in [-0.4, -0.2) is 69.1 Å². The first-order chi connectivity index (χ1) is 25.7. The van der Waals surface area contributed by atoms with Gasteiger partial charge in [-0.05, 0) is 145 Å². The molecular weight excluding hydrogens is 704 g/mol. The zero-order chi connectivity index (χ0) is 38.8. The minimum absolute atomic E-state index is 0.0150. The van der Waals surface area contributed by atoms with E-state index in [1.165, 1.54) is 6.42 Å². The van der Waals surface area contributed by atoms with Crippen molar-refractivity contribution in [3.8, 4) is 0 Å². The second-order valence-electron chi connectivity index (χ2n) is 22.2. The molecule has 12 rings (SSSR count). The highest BCUT2D eigenvalue weighted by atomic mass is 16.6. The molecule has 2 N–H and O–H groups in total. The van der Waals surface area contributed by atoms with Crippen LogP contribution in [0.15, 0.2) is 0 Å². The maximum Gasteiger partial charge on any atom is 0.318 e. The number of hydrogen-bond donors (Lipinski definition) is 2. The Balaban J connectivity index is 1.02. The SMILES string of the molecule is CC1C(=O)OC(=O)C1C(C)(CC(C)(CC1C(C)C2CC1C1COC(=O)C21)C(=O)OC1(C)C2CC3CC(C2)CC1C3)C(=O)OC12CC3CC(O)(CC(O)(C3)C1)C2. The van der Waals surface area contributed by atoms with E-state index in [4.69, 9.17) is 18.9 Å². The smallest absolute Gasteiger partial charge is 0.318 e. The molecule has 0 aromatic heterocycles. The molecule has 10 saturated carbocycles. The summed E-state index contributed by atoms with van der Waals surface area (Å²) in [6.45, 7) is 9.82. The van der Waals surface area contributed by atoms with Gasteiger partial charge >= 0.3 is 29.8 Å². The summed E-state index contributed by atoms with van der Waals surface area (Å²) < 4.78 is 24.3. The molecule has 12 fully saturated rings. The van der Waals surface area contributed by atoms with E-state index in [0.717, 1.165) is 32.1 Å². The maximum absolute atomic E-state index is 15.4. The summed E-state index contributed by atoms with van der Waals surface area (Å²) in [6.07, 6.45) is 8.83. The molecule has 11 heteroatoms. The number of cyclic esters (lactones) is 3. The molecule has 12 unspecified atom stereocenters. The van der Waals surface area contributed by atoms with Crippen molar-refractivity contribution in [3.63, 3.8) is 0 Å². The second kappa shape index (κ2) is 11.6. The van der Waals surface area contributed by atoms with E-state index in [-0.39, 0.29) is 90.9 Å². The summed E-state index contributed by atoms with van der Waals surface area (Å²) in [5.41, 5.74) is -7.06. The normalized spacial score (nSPS) is 53.1. The highest BCUT2D eigenvalue weighted by molar-refractivity contribution is 6.00. The predicted octanol–water partition coefficient (Wildman–Crippen LogP) is 5.31. The molecule has 12 atom stereocenters. The predicted molar refractivity (Wildman–Crippen MR) is 193 cm³/mol. The number of rotatable bonds is 9. The average molecular weight is 765 g/mol. The fraction of sp³-hybridized carbons (Fsp3) is 0.886. The van der Waals surface area contributed by atoms with Gasteiger partial charge in [-0.25, -0.2) is 0 Å². The van der Waals surface area contributed by atoms with Crippen LogP contribution >= 0.6 is 0 Å². The highest BCUT2D eigenvalue weighted by Crippen LogP contribution is 2.66. The van der Waals surface area contributed by atoms with Crippen molar-refractivity contribution in [1.29, 1.82) is 0 Å². The summed E-state index contributed by atoms with van der Waals surface area (Å²) in [5, 5.41) is 23.1. The largest absolute Gasteiger partial charge is 0.465 e. The number of fused-ring (bicyclic) bond motifs is 5. The Kier molecular flexibility index (Phi) is 7.74. The molecule has 12 aliphatic rings. The van der Waals surface area contributed by atoms with Gasteiger partial charge in [0.05, 0.1) is 46.4 Å². The van der Waals surface area contributed by atoms with Crippen molar-refractivity contribution < 1.29 is 53.1 Å². The Morgan fingerprint density at radius 2 is 1.40 bits per heavy atom. The molecule has 0 radical (unpaired) electrons. The highest BCUT2D eigenvalue weighted by Gasteiger charge is 2.69. The summed E-state index contributed by atoms with van der Waals surface area (Å²) in [6, 6.07) is 0. The van der Waals surface area contributed by atoms with E-state index in [2.05, 4.69) is 13.8 Å². The van der Waals surface area contributed by atoms with Crippen LogP contribution < -0.4 is 0 Å². The molecule has 55 heavy (non-hydrogen) atoms. The molecule has 11 nitrogen and oxygen atoms in total. The van der Waals surface area contributed by atoms with Gasteiger partial charge in [-0.1, -0.05) is 13.8 Å². The van der Waals surface area contributed by atoms with Crippen molar-refractivity contribution in [2.24, 2.45) is 87.8 Å². The average Bonchev–Trinajstić information content (AvgIpc) is 3.79. The van der Waals surface area contributed by atoms with Gasteiger partial charge in [0, 0.05) is 25.2 Å². The van der Waals surface area contributed by atoms with Gasteiger partial charge in [-0.3, -0.25) is 24.0 Å². The van der Waals surface area contributed by atoms with E-state index in [9.17, 15) is 24.6 Å². The topological polar surface area (TPSA) is 163 Å². The van der Waals surface area contributed by atoms with E-state index < -0.39 is 63.0 Å². The number of esters is 5. The fourth-order valence-electron chi connectivity index (χ4n) is 16.7. The Labute approximate surface area is 323 Å². The summed E-state index contributed by atoms with van der Waals surface area (Å²) in [7, 11) is 0. The van der Waals surface area contributed by atoms with Crippen molar-refractivity contribution in [1.82, 2.24) is 0 Å². The summed E-state index contributed by atoms with van der Waals surface area (Å²) in [5.74, 6) is -2.54. The lowest BCUT2D eigenvalue weighted by molar-refractivity contribution is -0.266. The molecule has 2 aliphatic heterocycles. The third-order valence-electron chi connectivity index (χ3n) is 18.4.